The van der Waals surface area contributed by atoms with Crippen LogP contribution in [0.1, 0.15) is 22.3 Å². The number of benzene rings is 2. The van der Waals surface area contributed by atoms with Gasteiger partial charge in [0.2, 0.25) is 5.91 Å². The maximum Gasteiger partial charge on any atom is 0.253 e. The number of ether oxygens (including phenoxy) is 2. The highest BCUT2D eigenvalue weighted by Gasteiger charge is 2.11. The Morgan fingerprint density at radius 2 is 1.81 bits per heavy atom. The number of hydrogen-bond acceptors (Lipinski definition) is 4. The van der Waals surface area contributed by atoms with Crippen LogP contribution in [-0.2, 0) is 11.2 Å². The molecule has 0 unspecified atom stereocenters. The summed E-state index contributed by atoms with van der Waals surface area (Å²) < 4.78 is 10.6. The van der Waals surface area contributed by atoms with Gasteiger partial charge in [-0.05, 0) is 48.4 Å². The van der Waals surface area contributed by atoms with Gasteiger partial charge >= 0.3 is 0 Å². The molecule has 0 aliphatic rings. The lowest BCUT2D eigenvalue weighted by Crippen LogP contribution is -2.22. The van der Waals surface area contributed by atoms with E-state index in [0.29, 0.717) is 17.7 Å². The van der Waals surface area contributed by atoms with Crippen molar-refractivity contribution in [3.8, 4) is 11.5 Å². The molecule has 26 heavy (non-hydrogen) atoms. The van der Waals surface area contributed by atoms with Crippen LogP contribution in [0.2, 0.25) is 0 Å². The lowest BCUT2D eigenvalue weighted by Gasteiger charge is -2.12. The van der Waals surface area contributed by atoms with Gasteiger partial charge in [-0.25, -0.2) is 0 Å². The van der Waals surface area contributed by atoms with E-state index in [1.54, 1.807) is 52.6 Å². The van der Waals surface area contributed by atoms with E-state index in [2.05, 4.69) is 5.32 Å². The quantitative estimate of drug-likeness (QED) is 0.828. The predicted molar refractivity (Wildman–Crippen MR) is 101 cm³/mol. The highest BCUT2D eigenvalue weighted by molar-refractivity contribution is 5.97. The third-order valence-electron chi connectivity index (χ3n) is 3.91. The van der Waals surface area contributed by atoms with E-state index in [0.717, 1.165) is 17.1 Å². The Bertz CT molecular complexity index is 787. The van der Waals surface area contributed by atoms with Crippen LogP contribution in [0.5, 0.6) is 11.5 Å². The third-order valence-corrected chi connectivity index (χ3v) is 3.91. The molecule has 0 atom stereocenters. The average Bonchev–Trinajstić information content (AvgIpc) is 2.65. The van der Waals surface area contributed by atoms with Gasteiger partial charge < -0.3 is 19.7 Å². The summed E-state index contributed by atoms with van der Waals surface area (Å²) in [7, 11) is 6.57. The summed E-state index contributed by atoms with van der Waals surface area (Å²) in [5.41, 5.74) is 2.03. The molecular formula is C20H24N2O4. The number of amides is 2. The largest absolute Gasteiger partial charge is 0.497 e. The fraction of sp³-hybridized carbons (Fsp3) is 0.300. The molecule has 0 aromatic heterocycles. The van der Waals surface area contributed by atoms with E-state index in [1.807, 2.05) is 18.2 Å². The van der Waals surface area contributed by atoms with Gasteiger partial charge in [-0.15, -0.1) is 0 Å². The standard InChI is InChI=1S/C20H24N2O4/c1-22(2)20(24)15-6-5-7-16(12-15)21-19(23)11-8-14-13-17(25-3)9-10-18(14)26-4/h5-7,9-10,12-13H,8,11H2,1-4H3,(H,21,23). The molecule has 0 saturated heterocycles. The molecule has 0 spiro atoms. The van der Waals surface area contributed by atoms with Crippen molar-refractivity contribution in [3.05, 3.63) is 53.6 Å². The molecule has 0 saturated carbocycles. The van der Waals surface area contributed by atoms with Crippen molar-refractivity contribution in [1.29, 1.82) is 0 Å². The number of rotatable bonds is 7. The number of carbonyl (C=O) groups is 2. The first-order valence-corrected chi connectivity index (χ1v) is 8.27. The van der Waals surface area contributed by atoms with E-state index in [4.69, 9.17) is 9.47 Å². The van der Waals surface area contributed by atoms with Crippen LogP contribution < -0.4 is 14.8 Å². The van der Waals surface area contributed by atoms with Crippen molar-refractivity contribution >= 4 is 17.5 Å². The van der Waals surface area contributed by atoms with Gasteiger partial charge in [0, 0.05) is 31.8 Å². The Morgan fingerprint density at radius 1 is 1.04 bits per heavy atom. The Labute approximate surface area is 153 Å². The molecule has 1 N–H and O–H groups in total. The van der Waals surface area contributed by atoms with Crippen LogP contribution in [0.3, 0.4) is 0 Å². The second kappa shape index (κ2) is 8.89. The van der Waals surface area contributed by atoms with Crippen molar-refractivity contribution in [2.45, 2.75) is 12.8 Å². The van der Waals surface area contributed by atoms with E-state index in [1.165, 1.54) is 4.90 Å². The van der Waals surface area contributed by atoms with Gasteiger partial charge in [-0.2, -0.15) is 0 Å². The number of aryl methyl sites for hydroxylation is 1. The van der Waals surface area contributed by atoms with Crippen LogP contribution in [0.15, 0.2) is 42.5 Å². The zero-order valence-electron chi connectivity index (χ0n) is 15.5. The van der Waals surface area contributed by atoms with Crippen LogP contribution in [0.4, 0.5) is 5.69 Å². The summed E-state index contributed by atoms with van der Waals surface area (Å²) in [4.78, 5) is 25.8. The van der Waals surface area contributed by atoms with Crippen molar-refractivity contribution in [2.24, 2.45) is 0 Å². The van der Waals surface area contributed by atoms with Crippen molar-refractivity contribution in [3.63, 3.8) is 0 Å². The summed E-state index contributed by atoms with van der Waals surface area (Å²) in [6.07, 6.45) is 0.803. The topological polar surface area (TPSA) is 67.9 Å². The molecular weight excluding hydrogens is 332 g/mol. The number of carbonyl (C=O) groups excluding carboxylic acids is 2. The second-order valence-corrected chi connectivity index (χ2v) is 6.01. The van der Waals surface area contributed by atoms with Gasteiger partial charge in [0.05, 0.1) is 14.2 Å². The first kappa shape index (κ1) is 19.3. The molecule has 2 aromatic rings. The van der Waals surface area contributed by atoms with Crippen molar-refractivity contribution in [1.82, 2.24) is 4.90 Å². The van der Waals surface area contributed by atoms with E-state index >= 15 is 0 Å². The summed E-state index contributed by atoms with van der Waals surface area (Å²) in [5.74, 6) is 1.19. The predicted octanol–water partition coefficient (Wildman–Crippen LogP) is 2.98. The van der Waals surface area contributed by atoms with Gasteiger partial charge in [-0.3, -0.25) is 9.59 Å². The first-order chi connectivity index (χ1) is 12.4. The first-order valence-electron chi connectivity index (χ1n) is 8.27. The average molecular weight is 356 g/mol. The highest BCUT2D eigenvalue weighted by Crippen LogP contribution is 2.25. The highest BCUT2D eigenvalue weighted by atomic mass is 16.5. The normalized spacial score (nSPS) is 10.2. The fourth-order valence-electron chi connectivity index (χ4n) is 2.54. The Morgan fingerprint density at radius 3 is 2.46 bits per heavy atom. The van der Waals surface area contributed by atoms with E-state index in [9.17, 15) is 9.59 Å². The van der Waals surface area contributed by atoms with Gasteiger partial charge in [-0.1, -0.05) is 6.07 Å². The molecule has 6 heteroatoms. The fourth-order valence-corrected chi connectivity index (χ4v) is 2.54. The molecule has 0 aliphatic heterocycles. The number of methoxy groups -OCH3 is 2. The smallest absolute Gasteiger partial charge is 0.253 e. The van der Waals surface area contributed by atoms with Crippen LogP contribution >= 0.6 is 0 Å². The molecule has 0 bridgehead atoms. The molecule has 2 aromatic carbocycles. The van der Waals surface area contributed by atoms with Crippen LogP contribution in [0, 0.1) is 0 Å². The Hall–Kier alpha value is -3.02. The molecule has 2 rings (SSSR count). The minimum atomic E-state index is -0.135. The molecule has 0 aliphatic carbocycles. The lowest BCUT2D eigenvalue weighted by molar-refractivity contribution is -0.116. The van der Waals surface area contributed by atoms with Gasteiger partial charge in [0.1, 0.15) is 11.5 Å². The minimum Gasteiger partial charge on any atom is -0.497 e. The maximum absolute atomic E-state index is 12.3. The number of anilines is 1. The zero-order chi connectivity index (χ0) is 19.1. The monoisotopic (exact) mass is 356 g/mol. The zero-order valence-corrected chi connectivity index (χ0v) is 15.5. The van der Waals surface area contributed by atoms with E-state index < -0.39 is 0 Å². The molecule has 0 heterocycles. The molecule has 2 amide bonds. The molecule has 0 radical (unpaired) electrons. The summed E-state index contributed by atoms with van der Waals surface area (Å²) in [5, 5.41) is 2.83. The molecule has 0 fully saturated rings. The number of hydrogen-bond donors (Lipinski definition) is 1. The van der Waals surface area contributed by atoms with Gasteiger partial charge in [0.25, 0.3) is 5.91 Å². The molecule has 138 valence electrons. The Kier molecular flexibility index (Phi) is 6.60. The maximum atomic E-state index is 12.3. The number of nitrogens with zero attached hydrogens (tertiary/aromatic N) is 1. The SMILES string of the molecule is COc1ccc(OC)c(CCC(=O)Nc2cccc(C(=O)N(C)C)c2)c1. The summed E-state index contributed by atoms with van der Waals surface area (Å²) in [6, 6.07) is 12.4. The van der Waals surface area contributed by atoms with Crippen molar-refractivity contribution in [2.75, 3.05) is 33.6 Å². The number of nitrogens with one attached hydrogen (secondary N) is 1. The second-order valence-electron chi connectivity index (χ2n) is 6.01. The van der Waals surface area contributed by atoms with E-state index in [-0.39, 0.29) is 18.2 Å². The van der Waals surface area contributed by atoms with Crippen LogP contribution in [-0.4, -0.2) is 45.0 Å². The van der Waals surface area contributed by atoms with Crippen LogP contribution in [0.25, 0.3) is 0 Å². The Balaban J connectivity index is 2.02. The lowest BCUT2D eigenvalue weighted by atomic mass is 10.1. The summed E-state index contributed by atoms with van der Waals surface area (Å²) >= 11 is 0. The van der Waals surface area contributed by atoms with Gasteiger partial charge in [0.15, 0.2) is 0 Å². The summed E-state index contributed by atoms with van der Waals surface area (Å²) in [6.45, 7) is 0. The molecule has 6 nitrogen and oxygen atoms in total. The van der Waals surface area contributed by atoms with Crippen molar-refractivity contribution < 1.29 is 19.1 Å². The third kappa shape index (κ3) is 4.99. The minimum absolute atomic E-state index is 0.109.